The topological polar surface area (TPSA) is 96.1 Å². The number of nitrogens with two attached hydrogens (primary N) is 2. The van der Waals surface area contributed by atoms with Crippen molar-refractivity contribution in [2.45, 2.75) is 6.04 Å². The normalized spacial score (nSPS) is 12.1. The Bertz CT molecular complexity index is 386. The van der Waals surface area contributed by atoms with Gasteiger partial charge in [0.25, 0.3) is 0 Å². The highest BCUT2D eigenvalue weighted by Gasteiger charge is 2.13. The average Bonchev–Trinajstić information content (AvgIpc) is 2.17. The Labute approximate surface area is 80.6 Å². The molecule has 1 rings (SSSR count). The third-order valence-corrected chi connectivity index (χ3v) is 1.89. The highest BCUT2D eigenvalue weighted by atomic mass is 19.1. The standard InChI is InChI=1S/C9H10FN3O/c10-7-2-9(14)6(8(13)4-12)1-5(7)3-11/h1-2,8,14H,4,12-13H2/t8-/m0/s1. The molecule has 0 bridgehead atoms. The number of hydrogen-bond acceptors (Lipinski definition) is 4. The van der Waals surface area contributed by atoms with Crippen molar-refractivity contribution in [3.8, 4) is 11.8 Å². The van der Waals surface area contributed by atoms with Gasteiger partial charge in [-0.2, -0.15) is 5.26 Å². The predicted molar refractivity (Wildman–Crippen MR) is 48.8 cm³/mol. The van der Waals surface area contributed by atoms with E-state index in [2.05, 4.69) is 0 Å². The van der Waals surface area contributed by atoms with Crippen molar-refractivity contribution in [2.75, 3.05) is 6.54 Å². The SMILES string of the molecule is N#Cc1cc([C@@H](N)CN)c(O)cc1F. The smallest absolute Gasteiger partial charge is 0.144 e. The highest BCUT2D eigenvalue weighted by molar-refractivity contribution is 5.44. The summed E-state index contributed by atoms with van der Waals surface area (Å²) in [5, 5.41) is 17.9. The second-order valence-electron chi connectivity index (χ2n) is 2.84. The molecule has 5 heteroatoms. The molecular formula is C9H10FN3O. The van der Waals surface area contributed by atoms with Crippen LogP contribution < -0.4 is 11.5 Å². The fraction of sp³-hybridized carbons (Fsp3) is 0.222. The van der Waals surface area contributed by atoms with Crippen LogP contribution in [-0.4, -0.2) is 11.7 Å². The van der Waals surface area contributed by atoms with Gasteiger partial charge in [0.2, 0.25) is 0 Å². The summed E-state index contributed by atoms with van der Waals surface area (Å²) < 4.78 is 12.9. The summed E-state index contributed by atoms with van der Waals surface area (Å²) in [5.41, 5.74) is 11.0. The molecule has 0 aromatic heterocycles. The van der Waals surface area contributed by atoms with Gasteiger partial charge in [-0.3, -0.25) is 0 Å². The van der Waals surface area contributed by atoms with E-state index in [1.165, 1.54) is 6.07 Å². The average molecular weight is 195 g/mol. The lowest BCUT2D eigenvalue weighted by atomic mass is 10.0. The van der Waals surface area contributed by atoms with Crippen molar-refractivity contribution in [1.29, 1.82) is 5.26 Å². The van der Waals surface area contributed by atoms with Crippen LogP contribution >= 0.6 is 0 Å². The lowest BCUT2D eigenvalue weighted by Gasteiger charge is -2.11. The van der Waals surface area contributed by atoms with E-state index in [-0.39, 0.29) is 23.4 Å². The number of rotatable bonds is 2. The van der Waals surface area contributed by atoms with Crippen LogP contribution in [0.5, 0.6) is 5.75 Å². The third-order valence-electron chi connectivity index (χ3n) is 1.89. The molecule has 0 saturated carbocycles. The predicted octanol–water partition coefficient (Wildman–Crippen LogP) is 0.361. The Kier molecular flexibility index (Phi) is 3.02. The molecule has 0 amide bonds. The number of phenolic OH excluding ortho intramolecular Hbond substituents is 1. The maximum atomic E-state index is 12.9. The number of nitrogens with zero attached hydrogens (tertiary/aromatic N) is 1. The van der Waals surface area contributed by atoms with E-state index in [4.69, 9.17) is 16.7 Å². The molecule has 74 valence electrons. The molecule has 0 fully saturated rings. The minimum Gasteiger partial charge on any atom is -0.507 e. The van der Waals surface area contributed by atoms with Crippen LogP contribution in [0, 0.1) is 17.1 Å². The Balaban J connectivity index is 3.26. The molecule has 0 aliphatic carbocycles. The van der Waals surface area contributed by atoms with Crippen LogP contribution in [-0.2, 0) is 0 Å². The van der Waals surface area contributed by atoms with Crippen LogP contribution in [0.25, 0.3) is 0 Å². The molecule has 4 nitrogen and oxygen atoms in total. The summed E-state index contributed by atoms with van der Waals surface area (Å²) in [4.78, 5) is 0. The zero-order chi connectivity index (χ0) is 10.7. The highest BCUT2D eigenvalue weighted by Crippen LogP contribution is 2.25. The molecule has 0 aliphatic rings. The van der Waals surface area contributed by atoms with Gasteiger partial charge in [0.1, 0.15) is 17.6 Å². The van der Waals surface area contributed by atoms with E-state index in [0.29, 0.717) is 0 Å². The number of benzene rings is 1. The number of halogens is 1. The number of hydrogen-bond donors (Lipinski definition) is 3. The summed E-state index contributed by atoms with van der Waals surface area (Å²) >= 11 is 0. The molecule has 1 aromatic rings. The van der Waals surface area contributed by atoms with E-state index in [0.717, 1.165) is 6.07 Å². The summed E-state index contributed by atoms with van der Waals surface area (Å²) in [6.07, 6.45) is 0. The first kappa shape index (κ1) is 10.4. The molecular weight excluding hydrogens is 185 g/mol. The molecule has 1 aromatic carbocycles. The molecule has 1 atom stereocenters. The second kappa shape index (κ2) is 4.05. The minimum absolute atomic E-state index is 0.115. The number of aromatic hydroxyl groups is 1. The van der Waals surface area contributed by atoms with Crippen LogP contribution in [0.2, 0.25) is 0 Å². The third kappa shape index (κ3) is 1.82. The van der Waals surface area contributed by atoms with E-state index in [1.807, 2.05) is 0 Å². The molecule has 0 aliphatic heterocycles. The van der Waals surface area contributed by atoms with E-state index in [9.17, 15) is 9.50 Å². The summed E-state index contributed by atoms with van der Waals surface area (Å²) in [6.45, 7) is 0.115. The molecule has 0 saturated heterocycles. The Hall–Kier alpha value is -1.64. The summed E-state index contributed by atoms with van der Waals surface area (Å²) in [7, 11) is 0. The van der Waals surface area contributed by atoms with E-state index < -0.39 is 11.9 Å². The monoisotopic (exact) mass is 195 g/mol. The Morgan fingerprint density at radius 2 is 2.21 bits per heavy atom. The first-order valence-electron chi connectivity index (χ1n) is 3.98. The van der Waals surface area contributed by atoms with Gasteiger partial charge in [-0.15, -0.1) is 0 Å². The minimum atomic E-state index is -0.766. The van der Waals surface area contributed by atoms with Gasteiger partial charge in [-0.1, -0.05) is 0 Å². The fourth-order valence-corrected chi connectivity index (χ4v) is 1.09. The van der Waals surface area contributed by atoms with Crippen molar-refractivity contribution in [2.24, 2.45) is 11.5 Å². The van der Waals surface area contributed by atoms with Crippen molar-refractivity contribution < 1.29 is 9.50 Å². The molecule has 0 spiro atoms. The maximum absolute atomic E-state index is 12.9. The number of nitriles is 1. The van der Waals surface area contributed by atoms with Gasteiger partial charge < -0.3 is 16.6 Å². The first-order chi connectivity index (χ1) is 6.60. The quantitative estimate of drug-likeness (QED) is 0.634. The van der Waals surface area contributed by atoms with Crippen molar-refractivity contribution in [3.63, 3.8) is 0 Å². The summed E-state index contributed by atoms with van der Waals surface area (Å²) in [6, 6.07) is 3.14. The van der Waals surface area contributed by atoms with Crippen LogP contribution in [0.4, 0.5) is 4.39 Å². The molecule has 0 radical (unpaired) electrons. The van der Waals surface area contributed by atoms with Gasteiger partial charge in [-0.05, 0) is 6.07 Å². The fourth-order valence-electron chi connectivity index (χ4n) is 1.09. The number of phenols is 1. The molecule has 0 heterocycles. The van der Waals surface area contributed by atoms with Crippen molar-refractivity contribution in [3.05, 3.63) is 29.1 Å². The summed E-state index contributed by atoms with van der Waals surface area (Å²) in [5.74, 6) is -1.04. The first-order valence-corrected chi connectivity index (χ1v) is 3.98. The van der Waals surface area contributed by atoms with E-state index >= 15 is 0 Å². The Morgan fingerprint density at radius 3 is 2.71 bits per heavy atom. The van der Waals surface area contributed by atoms with E-state index in [1.54, 1.807) is 6.07 Å². The molecule has 0 unspecified atom stereocenters. The van der Waals surface area contributed by atoms with Gasteiger partial charge in [-0.25, -0.2) is 4.39 Å². The lowest BCUT2D eigenvalue weighted by Crippen LogP contribution is -2.21. The van der Waals surface area contributed by atoms with Gasteiger partial charge in [0.05, 0.1) is 5.56 Å². The van der Waals surface area contributed by atoms with Crippen LogP contribution in [0.1, 0.15) is 17.2 Å². The largest absolute Gasteiger partial charge is 0.507 e. The zero-order valence-electron chi connectivity index (χ0n) is 7.37. The van der Waals surface area contributed by atoms with Gasteiger partial charge in [0, 0.05) is 24.2 Å². The van der Waals surface area contributed by atoms with Gasteiger partial charge >= 0.3 is 0 Å². The van der Waals surface area contributed by atoms with Crippen LogP contribution in [0.3, 0.4) is 0 Å². The van der Waals surface area contributed by atoms with Crippen molar-refractivity contribution in [1.82, 2.24) is 0 Å². The lowest BCUT2D eigenvalue weighted by molar-refractivity contribution is 0.455. The Morgan fingerprint density at radius 1 is 1.57 bits per heavy atom. The molecule has 5 N–H and O–H groups in total. The zero-order valence-corrected chi connectivity index (χ0v) is 7.37. The van der Waals surface area contributed by atoms with Gasteiger partial charge in [0.15, 0.2) is 0 Å². The van der Waals surface area contributed by atoms with Crippen LogP contribution in [0.15, 0.2) is 12.1 Å². The maximum Gasteiger partial charge on any atom is 0.144 e. The molecule has 14 heavy (non-hydrogen) atoms. The van der Waals surface area contributed by atoms with Crippen molar-refractivity contribution >= 4 is 0 Å². The second-order valence-corrected chi connectivity index (χ2v) is 2.84.